The number of benzene rings is 1. The van der Waals surface area contributed by atoms with Gasteiger partial charge in [0.2, 0.25) is 0 Å². The van der Waals surface area contributed by atoms with E-state index in [1.807, 2.05) is 0 Å². The van der Waals surface area contributed by atoms with Crippen LogP contribution in [0.15, 0.2) is 34.1 Å². The first-order valence-electron chi connectivity index (χ1n) is 4.93. The van der Waals surface area contributed by atoms with Crippen LogP contribution in [0.25, 0.3) is 0 Å². The van der Waals surface area contributed by atoms with E-state index in [9.17, 15) is 4.79 Å². The Kier molecular flexibility index (Phi) is 3.88. The summed E-state index contributed by atoms with van der Waals surface area (Å²) in [7, 11) is 1.58. The molecule has 0 atom stereocenters. The zero-order valence-corrected chi connectivity index (χ0v) is 11.7. The molecule has 0 radical (unpaired) electrons. The fourth-order valence-corrected chi connectivity index (χ4v) is 2.39. The number of aromatic carboxylic acids is 1. The minimum absolute atomic E-state index is 0.245. The van der Waals surface area contributed by atoms with Gasteiger partial charge in [-0.1, -0.05) is 0 Å². The fraction of sp³-hybridized carbons (Fsp3) is 0.0833. The molecule has 0 saturated heterocycles. The molecule has 0 aliphatic rings. The van der Waals surface area contributed by atoms with Crippen molar-refractivity contribution in [3.05, 3.63) is 39.0 Å². The summed E-state index contributed by atoms with van der Waals surface area (Å²) in [4.78, 5) is 11.0. The first-order chi connectivity index (χ1) is 8.60. The Bertz CT molecular complexity index is 579. The minimum Gasteiger partial charge on any atom is -0.497 e. The Balaban J connectivity index is 2.20. The first kappa shape index (κ1) is 12.9. The van der Waals surface area contributed by atoms with Gasteiger partial charge in [-0.3, -0.25) is 0 Å². The van der Waals surface area contributed by atoms with Gasteiger partial charge < -0.3 is 14.6 Å². The van der Waals surface area contributed by atoms with Crippen LogP contribution >= 0.6 is 27.3 Å². The van der Waals surface area contributed by atoms with Crippen LogP contribution in [0.2, 0.25) is 0 Å². The lowest BCUT2D eigenvalue weighted by Crippen LogP contribution is -1.90. The molecule has 1 aromatic heterocycles. The lowest BCUT2D eigenvalue weighted by molar-refractivity contribution is 0.0702. The van der Waals surface area contributed by atoms with E-state index in [0.717, 1.165) is 15.8 Å². The van der Waals surface area contributed by atoms with E-state index in [0.29, 0.717) is 17.2 Å². The van der Waals surface area contributed by atoms with Crippen LogP contribution in [-0.4, -0.2) is 18.2 Å². The monoisotopic (exact) mass is 328 g/mol. The maximum atomic E-state index is 10.7. The van der Waals surface area contributed by atoms with Crippen molar-refractivity contribution in [1.29, 1.82) is 0 Å². The maximum absolute atomic E-state index is 10.7. The number of ether oxygens (including phenoxy) is 2. The van der Waals surface area contributed by atoms with Crippen molar-refractivity contribution < 1.29 is 19.4 Å². The van der Waals surface area contributed by atoms with Crippen molar-refractivity contribution in [2.24, 2.45) is 0 Å². The summed E-state index contributed by atoms with van der Waals surface area (Å²) < 4.78 is 11.4. The molecule has 1 N–H and O–H groups in total. The van der Waals surface area contributed by atoms with E-state index >= 15 is 0 Å². The lowest BCUT2D eigenvalue weighted by Gasteiger charge is -2.07. The molecule has 94 valence electrons. The number of hydrogen-bond acceptors (Lipinski definition) is 4. The Hall–Kier alpha value is -1.53. The number of hydrogen-bond donors (Lipinski definition) is 1. The lowest BCUT2D eigenvalue weighted by atomic mass is 10.3. The number of carboxylic acids is 1. The summed E-state index contributed by atoms with van der Waals surface area (Å²) >= 11 is 4.49. The van der Waals surface area contributed by atoms with E-state index in [1.165, 1.54) is 6.07 Å². The molecule has 6 heteroatoms. The molecule has 1 aromatic carbocycles. The average molecular weight is 329 g/mol. The van der Waals surface area contributed by atoms with E-state index in [-0.39, 0.29) is 4.88 Å². The third-order valence-corrected chi connectivity index (χ3v) is 3.67. The predicted octanol–water partition coefficient (Wildman–Crippen LogP) is 4.01. The number of thiophene rings is 1. The fourth-order valence-electron chi connectivity index (χ4n) is 1.30. The number of rotatable bonds is 4. The van der Waals surface area contributed by atoms with E-state index < -0.39 is 5.97 Å². The van der Waals surface area contributed by atoms with Gasteiger partial charge in [0.05, 0.1) is 11.6 Å². The molecule has 0 unspecified atom stereocenters. The van der Waals surface area contributed by atoms with Gasteiger partial charge in [0.1, 0.15) is 22.1 Å². The molecule has 2 rings (SSSR count). The number of methoxy groups -OCH3 is 1. The van der Waals surface area contributed by atoms with Gasteiger partial charge in [-0.15, -0.1) is 11.3 Å². The first-order valence-corrected chi connectivity index (χ1v) is 6.60. The summed E-state index contributed by atoms with van der Waals surface area (Å²) in [5.41, 5.74) is 0. The van der Waals surface area contributed by atoms with Crippen LogP contribution in [0.1, 0.15) is 9.67 Å². The molecular weight excluding hydrogens is 320 g/mol. The third-order valence-electron chi connectivity index (χ3n) is 2.15. The minimum atomic E-state index is -0.955. The van der Waals surface area contributed by atoms with Crippen LogP contribution in [0.5, 0.6) is 17.2 Å². The van der Waals surface area contributed by atoms with Crippen molar-refractivity contribution in [3.63, 3.8) is 0 Å². The van der Waals surface area contributed by atoms with Gasteiger partial charge >= 0.3 is 5.97 Å². The van der Waals surface area contributed by atoms with Crippen molar-refractivity contribution in [3.8, 4) is 17.2 Å². The van der Waals surface area contributed by atoms with E-state index in [4.69, 9.17) is 14.6 Å². The molecule has 0 bridgehead atoms. The van der Waals surface area contributed by atoms with Gasteiger partial charge in [-0.2, -0.15) is 0 Å². The van der Waals surface area contributed by atoms with Crippen molar-refractivity contribution in [1.82, 2.24) is 0 Å². The zero-order chi connectivity index (χ0) is 13.1. The van der Waals surface area contributed by atoms with Crippen LogP contribution in [0.3, 0.4) is 0 Å². The molecule has 0 fully saturated rings. The molecule has 18 heavy (non-hydrogen) atoms. The Morgan fingerprint density at radius 1 is 1.33 bits per heavy atom. The zero-order valence-electron chi connectivity index (χ0n) is 9.34. The molecule has 0 amide bonds. The second-order valence-electron chi connectivity index (χ2n) is 3.35. The number of carbonyl (C=O) groups is 1. The van der Waals surface area contributed by atoms with Crippen LogP contribution in [0.4, 0.5) is 0 Å². The highest BCUT2D eigenvalue weighted by atomic mass is 79.9. The molecular formula is C12H9BrO4S. The SMILES string of the molecule is COc1ccc(Oc2csc(C(=O)O)c2)c(Br)c1. The standard InChI is InChI=1S/C12H9BrO4S/c1-16-7-2-3-10(9(13)4-7)17-8-5-11(12(14)15)18-6-8/h2-6H,1H3,(H,14,15). The Morgan fingerprint density at radius 3 is 2.67 bits per heavy atom. The normalized spacial score (nSPS) is 10.1. The molecule has 0 aliphatic heterocycles. The van der Waals surface area contributed by atoms with Crippen molar-refractivity contribution in [2.75, 3.05) is 7.11 Å². The molecule has 1 heterocycles. The molecule has 4 nitrogen and oxygen atoms in total. The summed E-state index contributed by atoms with van der Waals surface area (Å²) in [6.45, 7) is 0. The molecule has 0 spiro atoms. The van der Waals surface area contributed by atoms with Crippen LogP contribution in [-0.2, 0) is 0 Å². The smallest absolute Gasteiger partial charge is 0.346 e. The van der Waals surface area contributed by atoms with Crippen molar-refractivity contribution >= 4 is 33.2 Å². The highest BCUT2D eigenvalue weighted by Crippen LogP contribution is 2.34. The molecule has 0 saturated carbocycles. The maximum Gasteiger partial charge on any atom is 0.346 e. The second kappa shape index (κ2) is 5.41. The highest BCUT2D eigenvalue weighted by molar-refractivity contribution is 9.10. The van der Waals surface area contributed by atoms with E-state index in [2.05, 4.69) is 15.9 Å². The van der Waals surface area contributed by atoms with Gasteiger partial charge in [0.25, 0.3) is 0 Å². The quantitative estimate of drug-likeness (QED) is 0.921. The summed E-state index contributed by atoms with van der Waals surface area (Å²) in [6, 6.07) is 6.79. The summed E-state index contributed by atoms with van der Waals surface area (Å²) in [6.07, 6.45) is 0. The highest BCUT2D eigenvalue weighted by Gasteiger charge is 2.10. The Labute approximate surface area is 116 Å². The van der Waals surface area contributed by atoms with E-state index in [1.54, 1.807) is 30.7 Å². The molecule has 2 aromatic rings. The molecule has 0 aliphatic carbocycles. The van der Waals surface area contributed by atoms with Gasteiger partial charge in [-0.05, 0) is 34.1 Å². The Morgan fingerprint density at radius 2 is 2.11 bits per heavy atom. The third kappa shape index (κ3) is 2.83. The van der Waals surface area contributed by atoms with Gasteiger partial charge in [0.15, 0.2) is 0 Å². The largest absolute Gasteiger partial charge is 0.497 e. The van der Waals surface area contributed by atoms with Gasteiger partial charge in [0, 0.05) is 11.4 Å². The average Bonchev–Trinajstić information content (AvgIpc) is 2.80. The topological polar surface area (TPSA) is 55.8 Å². The van der Waals surface area contributed by atoms with Gasteiger partial charge in [-0.25, -0.2) is 4.79 Å². The summed E-state index contributed by atoms with van der Waals surface area (Å²) in [5, 5.41) is 10.5. The predicted molar refractivity (Wildman–Crippen MR) is 72.0 cm³/mol. The number of carboxylic acid groups (broad SMARTS) is 1. The number of halogens is 1. The summed E-state index contributed by atoms with van der Waals surface area (Å²) in [5.74, 6) is 0.864. The van der Waals surface area contributed by atoms with Crippen LogP contribution in [0, 0.1) is 0 Å². The van der Waals surface area contributed by atoms with Crippen molar-refractivity contribution in [2.45, 2.75) is 0 Å². The second-order valence-corrected chi connectivity index (χ2v) is 5.12. The van der Waals surface area contributed by atoms with Crippen LogP contribution < -0.4 is 9.47 Å².